The zero-order chi connectivity index (χ0) is 14.0. The van der Waals surface area contributed by atoms with Gasteiger partial charge in [-0.3, -0.25) is 9.69 Å². The number of nitrogens with zero attached hydrogens (tertiary/aromatic N) is 1. The fraction of sp³-hybridized carbons (Fsp3) is 0.643. The third kappa shape index (κ3) is 2.67. The Morgan fingerprint density at radius 1 is 1.63 bits per heavy atom. The summed E-state index contributed by atoms with van der Waals surface area (Å²) in [7, 11) is 1.69. The second-order valence-electron chi connectivity index (χ2n) is 5.56. The van der Waals surface area contributed by atoms with E-state index >= 15 is 0 Å². The number of rotatable bonds is 4. The molecule has 1 aromatic rings. The Balaban J connectivity index is 2.12. The molecule has 3 N–H and O–H groups in total. The van der Waals surface area contributed by atoms with Crippen LogP contribution in [0.4, 0.5) is 0 Å². The van der Waals surface area contributed by atoms with Crippen molar-refractivity contribution < 1.29 is 9.21 Å². The maximum absolute atomic E-state index is 11.9. The Morgan fingerprint density at radius 2 is 2.37 bits per heavy atom. The van der Waals surface area contributed by atoms with Gasteiger partial charge in [0.25, 0.3) is 0 Å². The third-order valence-electron chi connectivity index (χ3n) is 4.03. The lowest BCUT2D eigenvalue weighted by molar-refractivity contribution is -0.129. The van der Waals surface area contributed by atoms with Gasteiger partial charge in [0, 0.05) is 26.7 Å². The highest BCUT2D eigenvalue weighted by Crippen LogP contribution is 2.35. The van der Waals surface area contributed by atoms with Crippen LogP contribution in [-0.4, -0.2) is 37.5 Å². The summed E-state index contributed by atoms with van der Waals surface area (Å²) in [4.78, 5) is 14.2. The van der Waals surface area contributed by atoms with Crippen molar-refractivity contribution in [2.24, 2.45) is 11.1 Å². The number of carbonyl (C=O) groups is 1. The summed E-state index contributed by atoms with van der Waals surface area (Å²) in [5, 5.41) is 2.75. The van der Waals surface area contributed by atoms with Gasteiger partial charge in [-0.05, 0) is 32.4 Å². The first-order valence-electron chi connectivity index (χ1n) is 6.73. The normalized spacial score (nSPS) is 25.5. The predicted octanol–water partition coefficient (Wildman–Crippen LogP) is 1.05. The minimum atomic E-state index is -0.330. The second kappa shape index (κ2) is 5.35. The van der Waals surface area contributed by atoms with Crippen LogP contribution in [0.2, 0.25) is 0 Å². The molecule has 2 heterocycles. The molecule has 1 aliphatic heterocycles. The molecule has 1 saturated heterocycles. The molecule has 5 heteroatoms. The van der Waals surface area contributed by atoms with E-state index in [-0.39, 0.29) is 17.4 Å². The molecule has 0 spiro atoms. The lowest BCUT2D eigenvalue weighted by Crippen LogP contribution is -2.40. The zero-order valence-corrected chi connectivity index (χ0v) is 11.9. The molecule has 0 aromatic carbocycles. The van der Waals surface area contributed by atoms with Crippen LogP contribution in [0.15, 0.2) is 16.5 Å². The van der Waals surface area contributed by atoms with E-state index in [9.17, 15) is 4.79 Å². The average molecular weight is 265 g/mol. The molecule has 1 aliphatic rings. The number of nitrogens with two attached hydrogens (primary N) is 1. The molecule has 5 nitrogen and oxygen atoms in total. The summed E-state index contributed by atoms with van der Waals surface area (Å²) in [6, 6.07) is 3.98. The minimum Gasteiger partial charge on any atom is -0.465 e. The largest absolute Gasteiger partial charge is 0.465 e. The summed E-state index contributed by atoms with van der Waals surface area (Å²) in [6.45, 7) is 6.01. The van der Waals surface area contributed by atoms with Crippen molar-refractivity contribution in [1.82, 2.24) is 10.2 Å². The molecule has 0 aliphatic carbocycles. The van der Waals surface area contributed by atoms with Gasteiger partial charge in [0.1, 0.15) is 11.5 Å². The van der Waals surface area contributed by atoms with Crippen LogP contribution in [0.25, 0.3) is 0 Å². The quantitative estimate of drug-likeness (QED) is 0.853. The van der Waals surface area contributed by atoms with Crippen molar-refractivity contribution in [3.8, 4) is 0 Å². The van der Waals surface area contributed by atoms with Crippen LogP contribution in [0.3, 0.4) is 0 Å². The molecule has 1 fully saturated rings. The molecule has 2 rings (SSSR count). The molecule has 19 heavy (non-hydrogen) atoms. The van der Waals surface area contributed by atoms with Gasteiger partial charge in [-0.1, -0.05) is 0 Å². The standard InChI is InChI=1S/C14H23N3O2/c1-10-4-5-12(19-10)11(8-15)17-7-6-14(2,9-17)13(18)16-3/h4-5,11H,6-9,15H2,1-3H3,(H,16,18). The number of likely N-dealkylation sites (tertiary alicyclic amines) is 1. The van der Waals surface area contributed by atoms with Gasteiger partial charge >= 0.3 is 0 Å². The van der Waals surface area contributed by atoms with E-state index in [1.165, 1.54) is 0 Å². The van der Waals surface area contributed by atoms with Crippen molar-refractivity contribution in [1.29, 1.82) is 0 Å². The highest BCUT2D eigenvalue weighted by molar-refractivity contribution is 5.82. The van der Waals surface area contributed by atoms with E-state index in [0.29, 0.717) is 13.1 Å². The SMILES string of the molecule is CNC(=O)C1(C)CCN(C(CN)c2ccc(C)o2)C1. The van der Waals surface area contributed by atoms with E-state index < -0.39 is 0 Å². The molecule has 1 amide bonds. The van der Waals surface area contributed by atoms with Crippen LogP contribution in [0, 0.1) is 12.3 Å². The Hall–Kier alpha value is -1.33. The molecular weight excluding hydrogens is 242 g/mol. The number of amides is 1. The Morgan fingerprint density at radius 3 is 2.89 bits per heavy atom. The topological polar surface area (TPSA) is 71.5 Å². The van der Waals surface area contributed by atoms with Crippen LogP contribution < -0.4 is 11.1 Å². The van der Waals surface area contributed by atoms with Crippen LogP contribution in [0.5, 0.6) is 0 Å². The summed E-state index contributed by atoms with van der Waals surface area (Å²) in [6.07, 6.45) is 0.850. The van der Waals surface area contributed by atoms with Crippen molar-refractivity contribution in [2.75, 3.05) is 26.7 Å². The molecule has 0 radical (unpaired) electrons. The van der Waals surface area contributed by atoms with Crippen molar-refractivity contribution in [3.05, 3.63) is 23.7 Å². The molecule has 2 unspecified atom stereocenters. The maximum atomic E-state index is 11.9. The van der Waals surface area contributed by atoms with E-state index in [0.717, 1.165) is 24.5 Å². The van der Waals surface area contributed by atoms with E-state index in [1.807, 2.05) is 26.0 Å². The van der Waals surface area contributed by atoms with E-state index in [4.69, 9.17) is 10.2 Å². The van der Waals surface area contributed by atoms with Crippen LogP contribution >= 0.6 is 0 Å². The van der Waals surface area contributed by atoms with Gasteiger partial charge < -0.3 is 15.5 Å². The fourth-order valence-electron chi connectivity index (χ4n) is 2.83. The van der Waals surface area contributed by atoms with Crippen LogP contribution in [-0.2, 0) is 4.79 Å². The number of carbonyl (C=O) groups excluding carboxylic acids is 1. The molecule has 1 aromatic heterocycles. The van der Waals surface area contributed by atoms with Gasteiger partial charge in [0.2, 0.25) is 5.91 Å². The van der Waals surface area contributed by atoms with Gasteiger partial charge in [-0.25, -0.2) is 0 Å². The van der Waals surface area contributed by atoms with Crippen molar-refractivity contribution >= 4 is 5.91 Å². The highest BCUT2D eigenvalue weighted by Gasteiger charge is 2.42. The third-order valence-corrected chi connectivity index (χ3v) is 4.03. The first-order valence-corrected chi connectivity index (χ1v) is 6.73. The Kier molecular flexibility index (Phi) is 3.96. The number of nitrogens with one attached hydrogen (secondary N) is 1. The molecule has 0 saturated carbocycles. The minimum absolute atomic E-state index is 0.0557. The van der Waals surface area contributed by atoms with Gasteiger partial charge in [-0.2, -0.15) is 0 Å². The maximum Gasteiger partial charge on any atom is 0.227 e. The smallest absolute Gasteiger partial charge is 0.227 e. The van der Waals surface area contributed by atoms with Gasteiger partial charge in [0.15, 0.2) is 0 Å². The van der Waals surface area contributed by atoms with Crippen molar-refractivity contribution in [3.63, 3.8) is 0 Å². The monoisotopic (exact) mass is 265 g/mol. The zero-order valence-electron chi connectivity index (χ0n) is 11.9. The Labute approximate surface area is 114 Å². The summed E-state index contributed by atoms with van der Waals surface area (Å²) in [5.41, 5.74) is 5.56. The molecule has 106 valence electrons. The van der Waals surface area contributed by atoms with Crippen molar-refractivity contribution in [2.45, 2.75) is 26.3 Å². The van der Waals surface area contributed by atoms with Crippen LogP contribution in [0.1, 0.15) is 30.9 Å². The molecule has 2 atom stereocenters. The number of aryl methyl sites for hydroxylation is 1. The lowest BCUT2D eigenvalue weighted by atomic mass is 9.89. The first-order chi connectivity index (χ1) is 9.00. The average Bonchev–Trinajstić information content (AvgIpc) is 2.98. The lowest BCUT2D eigenvalue weighted by Gasteiger charge is -2.27. The number of hydrogen-bond acceptors (Lipinski definition) is 4. The fourth-order valence-corrected chi connectivity index (χ4v) is 2.83. The van der Waals surface area contributed by atoms with Gasteiger partial charge in [-0.15, -0.1) is 0 Å². The predicted molar refractivity (Wildman–Crippen MR) is 73.6 cm³/mol. The molecule has 0 bridgehead atoms. The van der Waals surface area contributed by atoms with Gasteiger partial charge in [0.05, 0.1) is 11.5 Å². The molecular formula is C14H23N3O2. The number of furan rings is 1. The van der Waals surface area contributed by atoms with E-state index in [2.05, 4.69) is 10.2 Å². The van der Waals surface area contributed by atoms with E-state index in [1.54, 1.807) is 7.05 Å². The summed E-state index contributed by atoms with van der Waals surface area (Å²) < 4.78 is 5.68. The first kappa shape index (κ1) is 14.1. The second-order valence-corrected chi connectivity index (χ2v) is 5.56. The number of hydrogen-bond donors (Lipinski definition) is 2. The summed E-state index contributed by atoms with van der Waals surface area (Å²) in [5.74, 6) is 1.88. The summed E-state index contributed by atoms with van der Waals surface area (Å²) >= 11 is 0. The highest BCUT2D eigenvalue weighted by atomic mass is 16.3. The Bertz CT molecular complexity index is 457.